The minimum Gasteiger partial charge on any atom is -0.465 e. The zero-order chi connectivity index (χ0) is 28.6. The smallest absolute Gasteiger partial charge is 0.459 e. The van der Waals surface area contributed by atoms with Gasteiger partial charge in [0.2, 0.25) is 6.23 Å². The number of aromatic nitrogens is 2. The minimum atomic E-state index is -4.41. The molecule has 15 heteroatoms. The first-order valence-corrected chi connectivity index (χ1v) is 14.0. The average Bonchev–Trinajstić information content (AvgIpc) is 3.11. The van der Waals surface area contributed by atoms with Crippen LogP contribution < -0.4 is 21.0 Å². The van der Waals surface area contributed by atoms with Crippen molar-refractivity contribution < 1.29 is 41.8 Å². The van der Waals surface area contributed by atoms with Crippen LogP contribution in [0.3, 0.4) is 0 Å². The Labute approximate surface area is 224 Å². The van der Waals surface area contributed by atoms with E-state index in [9.17, 15) is 28.0 Å². The molecule has 0 aliphatic carbocycles. The zero-order valence-corrected chi connectivity index (χ0v) is 22.5. The molecular formula is C24H33F2N4O8P. The molecule has 1 fully saturated rings. The van der Waals surface area contributed by atoms with Crippen LogP contribution in [0, 0.1) is 0 Å². The van der Waals surface area contributed by atoms with Crippen molar-refractivity contribution in [2.45, 2.75) is 69.9 Å². The summed E-state index contributed by atoms with van der Waals surface area (Å²) in [5.74, 6) is -4.74. The van der Waals surface area contributed by atoms with Crippen LogP contribution in [-0.4, -0.2) is 58.0 Å². The number of ether oxygens (including phenoxy) is 2. The number of esters is 1. The third kappa shape index (κ3) is 8.05. The van der Waals surface area contributed by atoms with Gasteiger partial charge in [0.1, 0.15) is 23.7 Å². The number of aliphatic hydroxyl groups is 1. The molecule has 1 saturated heterocycles. The number of nitrogens with one attached hydrogen (secondary N) is 1. The van der Waals surface area contributed by atoms with Gasteiger partial charge >= 0.3 is 25.3 Å². The number of alkyl halides is 2. The van der Waals surface area contributed by atoms with Gasteiger partial charge in [0.15, 0.2) is 6.10 Å². The standard InChI is InChI=1S/C24H33F2N4O8P/c1-3-4-5-9-14-35-21(32)16(2)29-39(34,38-17-10-7-6-8-11-17)36-15-18-20(31)24(25,26)22(37-18)30-13-12-19(27)28-23(30)33/h6-8,10-13,16,18,20,22,31H,3-5,9,14-15H2,1-2H3,(H,29,34)(H2,27,28,33)/t16-,18+,20+,22+,39?/m0/s1. The lowest BCUT2D eigenvalue weighted by Crippen LogP contribution is -2.42. The van der Waals surface area contributed by atoms with Crippen molar-refractivity contribution in [2.24, 2.45) is 0 Å². The fourth-order valence-electron chi connectivity index (χ4n) is 3.71. The van der Waals surface area contributed by atoms with E-state index in [0.29, 0.717) is 11.0 Å². The molecule has 0 saturated carbocycles. The molecule has 0 bridgehead atoms. The highest BCUT2D eigenvalue weighted by Crippen LogP contribution is 2.48. The molecule has 2 aromatic rings. The van der Waals surface area contributed by atoms with E-state index >= 15 is 0 Å². The largest absolute Gasteiger partial charge is 0.465 e. The van der Waals surface area contributed by atoms with Crippen LogP contribution in [0.1, 0.15) is 45.8 Å². The lowest BCUT2D eigenvalue weighted by molar-refractivity contribution is -0.145. The number of anilines is 1. The molecule has 216 valence electrons. The Bertz CT molecular complexity index is 1200. The highest BCUT2D eigenvalue weighted by molar-refractivity contribution is 7.52. The number of aliphatic hydroxyl groups excluding tert-OH is 1. The topological polar surface area (TPSA) is 164 Å². The number of nitrogen functional groups attached to an aromatic ring is 1. The van der Waals surface area contributed by atoms with Crippen molar-refractivity contribution in [1.82, 2.24) is 14.6 Å². The van der Waals surface area contributed by atoms with Gasteiger partial charge in [-0.25, -0.2) is 9.36 Å². The van der Waals surface area contributed by atoms with Crippen LogP contribution in [-0.2, 0) is 23.4 Å². The van der Waals surface area contributed by atoms with Crippen LogP contribution in [0.5, 0.6) is 5.75 Å². The van der Waals surface area contributed by atoms with Crippen LogP contribution in [0.2, 0.25) is 0 Å². The molecule has 1 aromatic carbocycles. The summed E-state index contributed by atoms with van der Waals surface area (Å²) >= 11 is 0. The molecule has 1 aromatic heterocycles. The second-order valence-corrected chi connectivity index (χ2v) is 10.7. The molecule has 3 rings (SSSR count). The molecule has 12 nitrogen and oxygen atoms in total. The van der Waals surface area contributed by atoms with Crippen molar-refractivity contribution in [2.75, 3.05) is 18.9 Å². The number of nitrogens with two attached hydrogens (primary N) is 1. The Morgan fingerprint density at radius 2 is 2.00 bits per heavy atom. The normalized spacial score (nSPS) is 22.6. The molecule has 1 unspecified atom stereocenters. The molecule has 0 spiro atoms. The van der Waals surface area contributed by atoms with Crippen molar-refractivity contribution in [3.63, 3.8) is 0 Å². The second kappa shape index (κ2) is 13.4. The summed E-state index contributed by atoms with van der Waals surface area (Å²) in [6.45, 7) is 2.76. The number of benzene rings is 1. The van der Waals surface area contributed by atoms with Gasteiger partial charge < -0.3 is 24.8 Å². The number of carbonyl (C=O) groups is 1. The van der Waals surface area contributed by atoms with Crippen LogP contribution >= 0.6 is 7.75 Å². The van der Waals surface area contributed by atoms with Gasteiger partial charge in [-0.1, -0.05) is 44.4 Å². The number of hydrogen-bond donors (Lipinski definition) is 3. The molecule has 1 aliphatic heterocycles. The number of hydrogen-bond acceptors (Lipinski definition) is 10. The quantitative estimate of drug-likeness (QED) is 0.173. The first kappa shape index (κ1) is 30.6. The maximum atomic E-state index is 14.9. The molecule has 0 amide bonds. The summed E-state index contributed by atoms with van der Waals surface area (Å²) in [5.41, 5.74) is 4.29. The van der Waals surface area contributed by atoms with Crippen molar-refractivity contribution in [1.29, 1.82) is 0 Å². The number of para-hydroxylation sites is 1. The number of nitrogens with zero attached hydrogens (tertiary/aromatic N) is 2. The fourth-order valence-corrected chi connectivity index (χ4v) is 5.21. The number of rotatable bonds is 14. The average molecular weight is 575 g/mol. The van der Waals surface area contributed by atoms with Gasteiger partial charge in [0.05, 0.1) is 13.2 Å². The zero-order valence-electron chi connectivity index (χ0n) is 21.6. The summed E-state index contributed by atoms with van der Waals surface area (Å²) in [5, 5.41) is 12.7. The molecule has 39 heavy (non-hydrogen) atoms. The Balaban J connectivity index is 1.71. The summed E-state index contributed by atoms with van der Waals surface area (Å²) in [6.07, 6.45) is -1.88. The number of carbonyl (C=O) groups excluding carboxylic acids is 1. The predicted molar refractivity (Wildman–Crippen MR) is 136 cm³/mol. The first-order valence-electron chi connectivity index (χ1n) is 12.5. The monoisotopic (exact) mass is 574 g/mol. The SMILES string of the molecule is CCCCCCOC(=O)[C@H](C)NP(=O)(OC[C@H]1O[C@@H](n2ccc(N)nc2=O)C(F)(F)[C@@H]1O)Oc1ccccc1. The fraction of sp³-hybridized carbons (Fsp3) is 0.542. The first-order chi connectivity index (χ1) is 18.5. The highest BCUT2D eigenvalue weighted by atomic mass is 31.2. The number of unbranched alkanes of at least 4 members (excludes halogenated alkanes) is 3. The van der Waals surface area contributed by atoms with E-state index in [0.717, 1.165) is 31.5 Å². The Hall–Kier alpha value is -2.90. The van der Waals surface area contributed by atoms with E-state index in [2.05, 4.69) is 10.1 Å². The van der Waals surface area contributed by atoms with E-state index in [4.69, 9.17) is 24.3 Å². The van der Waals surface area contributed by atoms with E-state index in [-0.39, 0.29) is 18.2 Å². The van der Waals surface area contributed by atoms with E-state index < -0.39 is 56.4 Å². The molecule has 4 N–H and O–H groups in total. The Kier molecular flexibility index (Phi) is 10.6. The predicted octanol–water partition coefficient (Wildman–Crippen LogP) is 3.02. The van der Waals surface area contributed by atoms with Gasteiger partial charge in [-0.05, 0) is 31.5 Å². The molecule has 5 atom stereocenters. The summed E-state index contributed by atoms with van der Waals surface area (Å²) in [6, 6.07) is 7.78. The maximum absolute atomic E-state index is 14.9. The third-order valence-electron chi connectivity index (χ3n) is 5.81. The second-order valence-electron chi connectivity index (χ2n) is 8.97. The maximum Gasteiger partial charge on any atom is 0.459 e. The van der Waals surface area contributed by atoms with E-state index in [1.807, 2.05) is 6.92 Å². The minimum absolute atomic E-state index is 0.101. The lowest BCUT2D eigenvalue weighted by Gasteiger charge is -2.24. The highest BCUT2D eigenvalue weighted by Gasteiger charge is 2.60. The Morgan fingerprint density at radius 1 is 1.28 bits per heavy atom. The summed E-state index contributed by atoms with van der Waals surface area (Å²) in [7, 11) is -4.41. The van der Waals surface area contributed by atoms with Crippen molar-refractivity contribution >= 4 is 19.5 Å². The lowest BCUT2D eigenvalue weighted by atomic mass is 10.1. The molecule has 0 radical (unpaired) electrons. The molecule has 2 heterocycles. The van der Waals surface area contributed by atoms with Crippen LogP contribution in [0.15, 0.2) is 47.4 Å². The van der Waals surface area contributed by atoms with Gasteiger partial charge in [0, 0.05) is 6.20 Å². The van der Waals surface area contributed by atoms with Gasteiger partial charge in [-0.2, -0.15) is 18.9 Å². The van der Waals surface area contributed by atoms with E-state index in [1.54, 1.807) is 18.2 Å². The van der Waals surface area contributed by atoms with Crippen molar-refractivity contribution in [3.8, 4) is 5.75 Å². The third-order valence-corrected chi connectivity index (χ3v) is 7.45. The summed E-state index contributed by atoms with van der Waals surface area (Å²) in [4.78, 5) is 27.9. The number of halogens is 2. The molecular weight excluding hydrogens is 541 g/mol. The van der Waals surface area contributed by atoms with Gasteiger partial charge in [-0.3, -0.25) is 13.9 Å². The van der Waals surface area contributed by atoms with Crippen LogP contribution in [0.4, 0.5) is 14.6 Å². The van der Waals surface area contributed by atoms with Crippen molar-refractivity contribution in [3.05, 3.63) is 53.1 Å². The van der Waals surface area contributed by atoms with Gasteiger partial charge in [0.25, 0.3) is 0 Å². The van der Waals surface area contributed by atoms with Gasteiger partial charge in [-0.15, -0.1) is 0 Å². The summed E-state index contributed by atoms with van der Waals surface area (Å²) < 4.78 is 65.1. The van der Waals surface area contributed by atoms with E-state index in [1.165, 1.54) is 19.1 Å². The van der Waals surface area contributed by atoms with Crippen LogP contribution in [0.25, 0.3) is 0 Å². The molecule has 1 aliphatic rings. The Morgan fingerprint density at radius 3 is 2.67 bits per heavy atom.